The minimum Gasteiger partial charge on any atom is -0.481 e. The van der Waals surface area contributed by atoms with E-state index >= 15 is 0 Å². The van der Waals surface area contributed by atoms with Gasteiger partial charge in [-0.25, -0.2) is 0 Å². The number of amides is 1. The quantitative estimate of drug-likeness (QED) is 0.573. The molecule has 0 saturated carbocycles. The van der Waals surface area contributed by atoms with Gasteiger partial charge in [0, 0.05) is 20.1 Å². The van der Waals surface area contributed by atoms with E-state index in [-0.39, 0.29) is 32.7 Å². The fourth-order valence-corrected chi connectivity index (χ4v) is 3.11. The molecule has 0 aromatic heterocycles. The van der Waals surface area contributed by atoms with Crippen LogP contribution in [0.15, 0.2) is 0 Å². The molecule has 1 amide bonds. The monoisotopic (exact) mass is 295 g/mol. The molecule has 19 heavy (non-hydrogen) atoms. The van der Waals surface area contributed by atoms with Crippen molar-refractivity contribution in [1.82, 2.24) is 8.61 Å². The molecule has 1 saturated heterocycles. The van der Waals surface area contributed by atoms with Crippen LogP contribution >= 0.6 is 0 Å². The van der Waals surface area contributed by atoms with Crippen LogP contribution < -0.4 is 5.73 Å². The maximum Gasteiger partial charge on any atom is 0.304 e. The lowest BCUT2D eigenvalue weighted by Crippen LogP contribution is -2.57. The number of hydrogen-bond donors (Lipinski definition) is 2. The molecule has 0 aromatic carbocycles. The number of nitrogens with zero attached hydrogens (tertiary/aromatic N) is 2. The summed E-state index contributed by atoms with van der Waals surface area (Å²) in [5, 5.41) is 8.55. The summed E-state index contributed by atoms with van der Waals surface area (Å²) in [6, 6.07) is -1.06. The van der Waals surface area contributed by atoms with Crippen LogP contribution in [0, 0.1) is 0 Å². The van der Waals surface area contributed by atoms with Crippen molar-refractivity contribution < 1.29 is 27.9 Å². The van der Waals surface area contributed by atoms with Crippen LogP contribution in [0.1, 0.15) is 6.42 Å². The highest BCUT2D eigenvalue weighted by Crippen LogP contribution is 2.15. The van der Waals surface area contributed by atoms with Crippen LogP contribution in [0.25, 0.3) is 0 Å². The summed E-state index contributed by atoms with van der Waals surface area (Å²) in [7, 11) is -2.67. The van der Waals surface area contributed by atoms with E-state index < -0.39 is 28.1 Å². The molecule has 1 aliphatic heterocycles. The zero-order valence-corrected chi connectivity index (χ0v) is 11.3. The summed E-state index contributed by atoms with van der Waals surface area (Å²) in [5.74, 6) is -1.90. The summed E-state index contributed by atoms with van der Waals surface area (Å²) in [6.45, 7) is -0.106. The van der Waals surface area contributed by atoms with Gasteiger partial charge in [-0.05, 0) is 0 Å². The summed E-state index contributed by atoms with van der Waals surface area (Å²) in [4.78, 5) is 21.7. The number of rotatable bonds is 6. The molecular weight excluding hydrogens is 278 g/mol. The van der Waals surface area contributed by atoms with Gasteiger partial charge in [0.05, 0.1) is 19.6 Å². The highest BCUT2D eigenvalue weighted by atomic mass is 32.2. The second-order valence-electron chi connectivity index (χ2n) is 4.08. The lowest BCUT2D eigenvalue weighted by Gasteiger charge is -2.34. The van der Waals surface area contributed by atoms with Crippen molar-refractivity contribution in [2.24, 2.45) is 5.73 Å². The second kappa shape index (κ2) is 6.28. The predicted octanol–water partition coefficient (Wildman–Crippen LogP) is -2.18. The van der Waals surface area contributed by atoms with E-state index in [2.05, 4.69) is 0 Å². The van der Waals surface area contributed by atoms with Crippen LogP contribution in [-0.2, 0) is 24.5 Å². The van der Waals surface area contributed by atoms with Crippen molar-refractivity contribution >= 4 is 22.1 Å². The average Bonchev–Trinajstić information content (AvgIpc) is 2.35. The third-order valence-electron chi connectivity index (χ3n) is 2.74. The van der Waals surface area contributed by atoms with Gasteiger partial charge in [0.1, 0.15) is 6.04 Å². The van der Waals surface area contributed by atoms with Gasteiger partial charge in [-0.3, -0.25) is 9.59 Å². The van der Waals surface area contributed by atoms with Gasteiger partial charge >= 0.3 is 5.97 Å². The van der Waals surface area contributed by atoms with Crippen molar-refractivity contribution in [3.63, 3.8) is 0 Å². The Morgan fingerprint density at radius 1 is 1.53 bits per heavy atom. The molecule has 9 nitrogen and oxygen atoms in total. The zero-order valence-electron chi connectivity index (χ0n) is 10.5. The molecule has 0 aliphatic carbocycles. The third-order valence-corrected chi connectivity index (χ3v) is 4.74. The Labute approximate surface area is 111 Å². The van der Waals surface area contributed by atoms with Crippen molar-refractivity contribution in [2.45, 2.75) is 12.5 Å². The normalized spacial score (nSPS) is 21.5. The molecule has 0 bridgehead atoms. The summed E-state index contributed by atoms with van der Waals surface area (Å²) in [6.07, 6.45) is -0.318. The Bertz CT molecular complexity index is 451. The van der Waals surface area contributed by atoms with Gasteiger partial charge in [0.25, 0.3) is 10.2 Å². The van der Waals surface area contributed by atoms with Gasteiger partial charge in [-0.2, -0.15) is 17.0 Å². The summed E-state index contributed by atoms with van der Waals surface area (Å²) < 4.78 is 31.3. The number of morpholine rings is 1. The molecule has 0 aromatic rings. The van der Waals surface area contributed by atoms with E-state index in [0.717, 1.165) is 8.61 Å². The Morgan fingerprint density at radius 3 is 2.68 bits per heavy atom. The smallest absolute Gasteiger partial charge is 0.304 e. The molecule has 10 heteroatoms. The standard InChI is InChI=1S/C9H17N3O6S/c1-11(3-2-8(13)14)19(16,17)12-4-5-18-6-7(12)9(10)15/h7H,2-6H2,1H3,(H2,10,15)(H,13,14). The van der Waals surface area contributed by atoms with E-state index in [1.807, 2.05) is 0 Å². The fourth-order valence-electron chi connectivity index (χ4n) is 1.64. The first-order valence-electron chi connectivity index (χ1n) is 5.58. The first-order valence-corrected chi connectivity index (χ1v) is 6.98. The summed E-state index contributed by atoms with van der Waals surface area (Å²) in [5.41, 5.74) is 5.14. The van der Waals surface area contributed by atoms with Gasteiger partial charge in [0.15, 0.2) is 0 Å². The zero-order chi connectivity index (χ0) is 14.6. The first kappa shape index (κ1) is 15.8. The number of primary amides is 1. The predicted molar refractivity (Wildman–Crippen MR) is 64.3 cm³/mol. The molecule has 1 atom stereocenters. The number of carboxylic acid groups (broad SMARTS) is 1. The fraction of sp³-hybridized carbons (Fsp3) is 0.778. The molecule has 1 heterocycles. The second-order valence-corrected chi connectivity index (χ2v) is 6.06. The number of hydrogen-bond acceptors (Lipinski definition) is 5. The highest BCUT2D eigenvalue weighted by Gasteiger charge is 2.38. The molecular formula is C9H17N3O6S. The van der Waals surface area contributed by atoms with E-state index in [1.165, 1.54) is 7.05 Å². The number of carboxylic acids is 1. The largest absolute Gasteiger partial charge is 0.481 e. The lowest BCUT2D eigenvalue weighted by atomic mass is 10.3. The maximum absolute atomic E-state index is 12.2. The topological polar surface area (TPSA) is 130 Å². The summed E-state index contributed by atoms with van der Waals surface area (Å²) >= 11 is 0. The molecule has 1 unspecified atom stereocenters. The Hall–Kier alpha value is -1.23. The number of carbonyl (C=O) groups is 2. The van der Waals surface area contributed by atoms with E-state index in [4.69, 9.17) is 15.6 Å². The van der Waals surface area contributed by atoms with E-state index in [1.54, 1.807) is 0 Å². The SMILES string of the molecule is CN(CCC(=O)O)S(=O)(=O)N1CCOCC1C(N)=O. The molecule has 0 spiro atoms. The van der Waals surface area contributed by atoms with Gasteiger partial charge < -0.3 is 15.6 Å². The van der Waals surface area contributed by atoms with Gasteiger partial charge in [-0.15, -0.1) is 0 Å². The van der Waals surface area contributed by atoms with E-state index in [9.17, 15) is 18.0 Å². The van der Waals surface area contributed by atoms with Crippen molar-refractivity contribution in [1.29, 1.82) is 0 Å². The van der Waals surface area contributed by atoms with Crippen LogP contribution in [0.3, 0.4) is 0 Å². The number of nitrogens with two attached hydrogens (primary N) is 1. The minimum atomic E-state index is -3.93. The van der Waals surface area contributed by atoms with Crippen molar-refractivity contribution in [3.8, 4) is 0 Å². The Balaban J connectivity index is 2.84. The number of carbonyl (C=O) groups excluding carboxylic acids is 1. The molecule has 0 radical (unpaired) electrons. The highest BCUT2D eigenvalue weighted by molar-refractivity contribution is 7.86. The average molecular weight is 295 g/mol. The van der Waals surface area contributed by atoms with Gasteiger partial charge in [-0.1, -0.05) is 0 Å². The third kappa shape index (κ3) is 3.86. The van der Waals surface area contributed by atoms with Crippen molar-refractivity contribution in [2.75, 3.05) is 33.4 Å². The molecule has 1 rings (SSSR count). The number of ether oxygens (including phenoxy) is 1. The molecule has 3 N–H and O–H groups in total. The van der Waals surface area contributed by atoms with Crippen LogP contribution in [-0.4, -0.2) is 73.4 Å². The Morgan fingerprint density at radius 2 is 2.16 bits per heavy atom. The molecule has 110 valence electrons. The maximum atomic E-state index is 12.2. The van der Waals surface area contributed by atoms with Crippen LogP contribution in [0.2, 0.25) is 0 Å². The van der Waals surface area contributed by atoms with Gasteiger partial charge in [0.2, 0.25) is 5.91 Å². The lowest BCUT2D eigenvalue weighted by molar-refractivity contribution is -0.137. The van der Waals surface area contributed by atoms with Crippen molar-refractivity contribution in [3.05, 3.63) is 0 Å². The van der Waals surface area contributed by atoms with Crippen LogP contribution in [0.4, 0.5) is 0 Å². The molecule has 1 fully saturated rings. The molecule has 1 aliphatic rings. The number of aliphatic carboxylic acids is 1. The minimum absolute atomic E-state index is 0.00729. The van der Waals surface area contributed by atoms with E-state index in [0.29, 0.717) is 0 Å². The Kier molecular flexibility index (Phi) is 5.23. The first-order chi connectivity index (χ1) is 8.76. The van der Waals surface area contributed by atoms with Crippen LogP contribution in [0.5, 0.6) is 0 Å².